The average Bonchev–Trinajstić information content (AvgIpc) is 2.19. The molecule has 0 saturated carbocycles. The monoisotopic (exact) mass is 241 g/mol. The Bertz CT molecular complexity index is 475. The summed E-state index contributed by atoms with van der Waals surface area (Å²) in [5.74, 6) is -1.27. The minimum atomic E-state index is -1.27. The normalized spacial score (nSPS) is 10.9. The Kier molecular flexibility index (Phi) is 3.73. The Morgan fingerprint density at radius 2 is 2.07 bits per heavy atom. The van der Waals surface area contributed by atoms with Crippen LogP contribution in [-0.2, 0) is 4.79 Å². The van der Waals surface area contributed by atoms with Gasteiger partial charge in [0.25, 0.3) is 0 Å². The van der Waals surface area contributed by atoms with Crippen molar-refractivity contribution in [2.75, 3.05) is 0 Å². The molecule has 1 aromatic carbocycles. The lowest BCUT2D eigenvalue weighted by atomic mass is 10.1. The molecule has 5 heteroatoms. The Morgan fingerprint density at radius 3 is 2.53 bits per heavy atom. The molecule has 1 N–H and O–H groups in total. The summed E-state index contributed by atoms with van der Waals surface area (Å²) in [4.78, 5) is 10.5. The van der Waals surface area contributed by atoms with Crippen LogP contribution in [0.1, 0.15) is 5.56 Å². The van der Waals surface area contributed by atoms with Gasteiger partial charge in [0.2, 0.25) is 0 Å². The van der Waals surface area contributed by atoms with E-state index in [9.17, 15) is 4.79 Å². The SMILES string of the molecule is N#C/C(=C\c1ccc(Cl)c(Cl)c1)C(=O)O. The number of nitriles is 1. The molecule has 15 heavy (non-hydrogen) atoms. The fourth-order valence-electron chi connectivity index (χ4n) is 0.911. The second-order valence-electron chi connectivity index (χ2n) is 2.65. The van der Waals surface area contributed by atoms with E-state index in [0.29, 0.717) is 15.6 Å². The Labute approximate surface area is 96.2 Å². The second-order valence-corrected chi connectivity index (χ2v) is 3.46. The van der Waals surface area contributed by atoms with Crippen LogP contribution >= 0.6 is 23.2 Å². The fourth-order valence-corrected chi connectivity index (χ4v) is 1.22. The number of nitrogens with zero attached hydrogens (tertiary/aromatic N) is 1. The molecule has 0 aliphatic heterocycles. The summed E-state index contributed by atoms with van der Waals surface area (Å²) in [6.07, 6.45) is 1.23. The van der Waals surface area contributed by atoms with Gasteiger partial charge in [-0.3, -0.25) is 0 Å². The number of rotatable bonds is 2. The third kappa shape index (κ3) is 2.98. The molecule has 0 aromatic heterocycles. The van der Waals surface area contributed by atoms with Gasteiger partial charge < -0.3 is 5.11 Å². The number of carboxylic acid groups (broad SMARTS) is 1. The molecule has 1 aromatic rings. The first-order valence-electron chi connectivity index (χ1n) is 3.84. The number of carboxylic acids is 1. The molecule has 3 nitrogen and oxygen atoms in total. The van der Waals surface area contributed by atoms with Gasteiger partial charge in [-0.05, 0) is 23.8 Å². The van der Waals surface area contributed by atoms with E-state index in [-0.39, 0.29) is 5.57 Å². The summed E-state index contributed by atoms with van der Waals surface area (Å²) >= 11 is 11.4. The van der Waals surface area contributed by atoms with Gasteiger partial charge in [-0.2, -0.15) is 5.26 Å². The number of halogens is 2. The van der Waals surface area contributed by atoms with E-state index in [1.807, 2.05) is 0 Å². The van der Waals surface area contributed by atoms with E-state index in [1.54, 1.807) is 12.1 Å². The highest BCUT2D eigenvalue weighted by Gasteiger charge is 2.06. The van der Waals surface area contributed by atoms with Crippen molar-refractivity contribution in [3.8, 4) is 6.07 Å². The lowest BCUT2D eigenvalue weighted by Gasteiger charge is -1.97. The molecule has 76 valence electrons. The average molecular weight is 242 g/mol. The maximum Gasteiger partial charge on any atom is 0.346 e. The molecular formula is C10H5Cl2NO2. The Balaban J connectivity index is 3.14. The van der Waals surface area contributed by atoms with Gasteiger partial charge in [-0.1, -0.05) is 29.3 Å². The van der Waals surface area contributed by atoms with Gasteiger partial charge in [0.1, 0.15) is 11.6 Å². The standard InChI is InChI=1S/C10H5Cl2NO2/c11-8-2-1-6(4-9(8)12)3-7(5-13)10(14)15/h1-4H,(H,14,15)/b7-3+. The Morgan fingerprint density at radius 1 is 1.40 bits per heavy atom. The molecule has 0 spiro atoms. The van der Waals surface area contributed by atoms with Crippen LogP contribution in [0.2, 0.25) is 10.0 Å². The molecule has 0 saturated heterocycles. The van der Waals surface area contributed by atoms with Crippen molar-refractivity contribution in [2.24, 2.45) is 0 Å². The first-order chi connectivity index (χ1) is 7.04. The van der Waals surface area contributed by atoms with Crippen molar-refractivity contribution in [3.05, 3.63) is 39.4 Å². The smallest absolute Gasteiger partial charge is 0.346 e. The van der Waals surface area contributed by atoms with Gasteiger partial charge in [0, 0.05) is 0 Å². The van der Waals surface area contributed by atoms with Crippen molar-refractivity contribution < 1.29 is 9.90 Å². The fraction of sp³-hybridized carbons (Fsp3) is 0. The van der Waals surface area contributed by atoms with E-state index < -0.39 is 5.97 Å². The minimum absolute atomic E-state index is 0.313. The van der Waals surface area contributed by atoms with Crippen LogP contribution in [0, 0.1) is 11.3 Å². The summed E-state index contributed by atoms with van der Waals surface area (Å²) in [5, 5.41) is 17.8. The summed E-state index contributed by atoms with van der Waals surface area (Å²) in [5.41, 5.74) is 0.164. The van der Waals surface area contributed by atoms with E-state index in [1.165, 1.54) is 18.2 Å². The number of benzene rings is 1. The molecule has 0 atom stereocenters. The summed E-state index contributed by atoms with van der Waals surface area (Å²) < 4.78 is 0. The van der Waals surface area contributed by atoms with E-state index in [2.05, 4.69) is 0 Å². The molecule has 0 aliphatic rings. The van der Waals surface area contributed by atoms with Gasteiger partial charge in [-0.15, -0.1) is 0 Å². The summed E-state index contributed by atoms with van der Waals surface area (Å²) in [7, 11) is 0. The topological polar surface area (TPSA) is 61.1 Å². The Hall–Kier alpha value is -1.50. The maximum atomic E-state index is 10.5. The first kappa shape index (κ1) is 11.6. The van der Waals surface area contributed by atoms with Crippen molar-refractivity contribution in [1.29, 1.82) is 5.26 Å². The summed E-state index contributed by atoms with van der Waals surface area (Å²) in [6.45, 7) is 0. The van der Waals surface area contributed by atoms with Gasteiger partial charge >= 0.3 is 5.97 Å². The predicted octanol–water partition coefficient (Wildman–Crippen LogP) is 2.98. The zero-order valence-corrected chi connectivity index (χ0v) is 8.88. The highest BCUT2D eigenvalue weighted by atomic mass is 35.5. The summed E-state index contributed by atoms with van der Waals surface area (Å²) in [6, 6.07) is 6.17. The number of carbonyl (C=O) groups is 1. The van der Waals surface area contributed by atoms with Crippen LogP contribution in [-0.4, -0.2) is 11.1 Å². The maximum absolute atomic E-state index is 10.5. The lowest BCUT2D eigenvalue weighted by molar-refractivity contribution is -0.132. The van der Waals surface area contributed by atoms with Crippen molar-refractivity contribution in [2.45, 2.75) is 0 Å². The third-order valence-corrected chi connectivity index (χ3v) is 2.34. The molecule has 0 radical (unpaired) electrons. The van der Waals surface area contributed by atoms with Crippen LogP contribution in [0.5, 0.6) is 0 Å². The molecule has 0 heterocycles. The van der Waals surface area contributed by atoms with Crippen LogP contribution in [0.25, 0.3) is 6.08 Å². The zero-order valence-electron chi connectivity index (χ0n) is 7.37. The quantitative estimate of drug-likeness (QED) is 0.640. The largest absolute Gasteiger partial charge is 0.477 e. The van der Waals surface area contributed by atoms with Crippen LogP contribution in [0.15, 0.2) is 23.8 Å². The number of hydrogen-bond donors (Lipinski definition) is 1. The van der Waals surface area contributed by atoms with Gasteiger partial charge in [0.05, 0.1) is 10.0 Å². The molecule has 1 rings (SSSR count). The van der Waals surface area contributed by atoms with Crippen LogP contribution < -0.4 is 0 Å². The molecular weight excluding hydrogens is 237 g/mol. The number of aliphatic carboxylic acids is 1. The van der Waals surface area contributed by atoms with Gasteiger partial charge in [-0.25, -0.2) is 4.79 Å². The predicted molar refractivity (Wildman–Crippen MR) is 57.7 cm³/mol. The molecule has 0 bridgehead atoms. The third-order valence-electron chi connectivity index (χ3n) is 1.61. The highest BCUT2D eigenvalue weighted by Crippen LogP contribution is 2.23. The van der Waals surface area contributed by atoms with E-state index in [0.717, 1.165) is 0 Å². The minimum Gasteiger partial charge on any atom is -0.477 e. The van der Waals surface area contributed by atoms with Crippen molar-refractivity contribution >= 4 is 35.2 Å². The lowest BCUT2D eigenvalue weighted by Crippen LogP contribution is -1.97. The van der Waals surface area contributed by atoms with Crippen molar-refractivity contribution in [3.63, 3.8) is 0 Å². The molecule has 0 aliphatic carbocycles. The van der Waals surface area contributed by atoms with Crippen LogP contribution in [0.4, 0.5) is 0 Å². The zero-order chi connectivity index (χ0) is 11.4. The van der Waals surface area contributed by atoms with Crippen LogP contribution in [0.3, 0.4) is 0 Å². The molecule has 0 amide bonds. The number of hydrogen-bond acceptors (Lipinski definition) is 2. The molecule has 0 fully saturated rings. The second kappa shape index (κ2) is 4.83. The first-order valence-corrected chi connectivity index (χ1v) is 4.60. The van der Waals surface area contributed by atoms with E-state index in [4.69, 9.17) is 33.6 Å². The van der Waals surface area contributed by atoms with Gasteiger partial charge in [0.15, 0.2) is 0 Å². The van der Waals surface area contributed by atoms with E-state index >= 15 is 0 Å². The van der Waals surface area contributed by atoms with Crippen molar-refractivity contribution in [1.82, 2.24) is 0 Å². The highest BCUT2D eigenvalue weighted by molar-refractivity contribution is 6.42. The molecule has 0 unspecified atom stereocenters.